The largest absolute Gasteiger partial charge is 0.301 e. The quantitative estimate of drug-likeness (QED) is 0.722. The molecule has 0 aliphatic rings. The highest BCUT2D eigenvalue weighted by Gasteiger charge is 2.01. The van der Waals surface area contributed by atoms with Crippen molar-refractivity contribution in [1.82, 2.24) is 9.78 Å². The lowest BCUT2D eigenvalue weighted by Crippen LogP contribution is -2.16. The van der Waals surface area contributed by atoms with Crippen molar-refractivity contribution in [1.29, 1.82) is 0 Å². The number of halogens is 1. The molecule has 1 N–H and O–H groups in total. The van der Waals surface area contributed by atoms with Gasteiger partial charge in [-0.2, -0.15) is 0 Å². The second-order valence-electron chi connectivity index (χ2n) is 2.79. The first-order chi connectivity index (χ1) is 5.75. The second kappa shape index (κ2) is 4.36. The number of unbranched alkanes of at least 4 members (excludes halogenated alkanes) is 2. The summed E-state index contributed by atoms with van der Waals surface area (Å²) in [5.74, 6) is 0. The summed E-state index contributed by atoms with van der Waals surface area (Å²) in [5, 5.41) is 3.07. The van der Waals surface area contributed by atoms with E-state index >= 15 is 0 Å². The fourth-order valence-electron chi connectivity index (χ4n) is 1.07. The Morgan fingerprint density at radius 3 is 2.83 bits per heavy atom. The molecular weight excluding hydrogens is 176 g/mol. The average molecular weight is 189 g/mol. The van der Waals surface area contributed by atoms with Gasteiger partial charge in [-0.15, -0.1) is 0 Å². The van der Waals surface area contributed by atoms with Crippen molar-refractivity contribution in [3.05, 3.63) is 21.6 Å². The Labute approximate surface area is 76.3 Å². The van der Waals surface area contributed by atoms with Gasteiger partial charge in [0.15, 0.2) is 0 Å². The highest BCUT2D eigenvalue weighted by atomic mass is 35.5. The zero-order valence-electron chi connectivity index (χ0n) is 7.14. The van der Waals surface area contributed by atoms with Crippen LogP contribution in [0.3, 0.4) is 0 Å². The van der Waals surface area contributed by atoms with E-state index < -0.39 is 0 Å². The molecule has 1 aromatic rings. The van der Waals surface area contributed by atoms with Crippen LogP contribution in [0.15, 0.2) is 11.0 Å². The summed E-state index contributed by atoms with van der Waals surface area (Å²) < 4.78 is 1.54. The zero-order valence-corrected chi connectivity index (χ0v) is 7.90. The molecule has 0 unspecified atom stereocenters. The van der Waals surface area contributed by atoms with Gasteiger partial charge in [0.2, 0.25) is 0 Å². The standard InChI is InChI=1S/C8H13ClN2O/c1-2-3-4-5-11-8(12)7(9)6-10-11/h6,10H,2-5H2,1H3. The van der Waals surface area contributed by atoms with Crippen LogP contribution in [0.1, 0.15) is 26.2 Å². The maximum absolute atomic E-state index is 11.2. The van der Waals surface area contributed by atoms with Crippen LogP contribution in [0.5, 0.6) is 0 Å². The van der Waals surface area contributed by atoms with Gasteiger partial charge < -0.3 is 5.10 Å². The molecule has 0 bridgehead atoms. The summed E-state index contributed by atoms with van der Waals surface area (Å²) in [7, 11) is 0. The molecule has 0 amide bonds. The summed E-state index contributed by atoms with van der Waals surface area (Å²) in [6.45, 7) is 2.86. The van der Waals surface area contributed by atoms with E-state index in [1.165, 1.54) is 10.9 Å². The van der Waals surface area contributed by atoms with Crippen LogP contribution in [0.2, 0.25) is 5.02 Å². The number of nitrogens with zero attached hydrogens (tertiary/aromatic N) is 1. The number of aromatic nitrogens is 2. The zero-order chi connectivity index (χ0) is 8.97. The molecule has 12 heavy (non-hydrogen) atoms. The molecule has 0 aromatic carbocycles. The Bertz CT molecular complexity index is 289. The van der Waals surface area contributed by atoms with Crippen molar-refractivity contribution in [3.63, 3.8) is 0 Å². The first-order valence-corrected chi connectivity index (χ1v) is 4.57. The van der Waals surface area contributed by atoms with E-state index in [2.05, 4.69) is 12.0 Å². The minimum Gasteiger partial charge on any atom is -0.301 e. The average Bonchev–Trinajstić information content (AvgIpc) is 2.36. The Morgan fingerprint density at radius 1 is 1.58 bits per heavy atom. The summed E-state index contributed by atoms with van der Waals surface area (Å²) in [6.07, 6.45) is 4.84. The van der Waals surface area contributed by atoms with E-state index in [-0.39, 0.29) is 10.6 Å². The number of aryl methyl sites for hydroxylation is 1. The van der Waals surface area contributed by atoms with Crippen molar-refractivity contribution in [2.24, 2.45) is 0 Å². The number of H-pyrrole nitrogens is 1. The molecule has 0 spiro atoms. The van der Waals surface area contributed by atoms with Crippen molar-refractivity contribution in [3.8, 4) is 0 Å². The minimum absolute atomic E-state index is 0.118. The van der Waals surface area contributed by atoms with E-state index in [4.69, 9.17) is 11.6 Å². The third-order valence-corrected chi connectivity index (χ3v) is 2.05. The predicted octanol–water partition coefficient (Wildman–Crippen LogP) is 2.02. The van der Waals surface area contributed by atoms with Gasteiger partial charge in [0.1, 0.15) is 5.02 Å². The number of hydrogen-bond donors (Lipinski definition) is 1. The van der Waals surface area contributed by atoms with E-state index in [0.717, 1.165) is 25.8 Å². The molecule has 0 aliphatic heterocycles. The van der Waals surface area contributed by atoms with Gasteiger partial charge in [-0.25, -0.2) is 0 Å². The van der Waals surface area contributed by atoms with Crippen LogP contribution in [-0.4, -0.2) is 9.78 Å². The van der Waals surface area contributed by atoms with Crippen molar-refractivity contribution in [2.75, 3.05) is 0 Å². The van der Waals surface area contributed by atoms with Gasteiger partial charge in [0.25, 0.3) is 5.56 Å². The topological polar surface area (TPSA) is 37.8 Å². The maximum atomic E-state index is 11.2. The van der Waals surface area contributed by atoms with Gasteiger partial charge in [0.05, 0.1) is 0 Å². The summed E-state index contributed by atoms with van der Waals surface area (Å²) in [4.78, 5) is 11.2. The molecule has 0 saturated heterocycles. The van der Waals surface area contributed by atoms with Crippen LogP contribution >= 0.6 is 11.6 Å². The summed E-state index contributed by atoms with van der Waals surface area (Å²) in [6, 6.07) is 0. The molecule has 4 heteroatoms. The third kappa shape index (κ3) is 2.14. The maximum Gasteiger partial charge on any atom is 0.285 e. The first kappa shape index (κ1) is 9.39. The molecule has 1 aromatic heterocycles. The lowest BCUT2D eigenvalue weighted by atomic mass is 10.2. The second-order valence-corrected chi connectivity index (χ2v) is 3.19. The number of aromatic amines is 1. The Hall–Kier alpha value is -0.700. The number of nitrogens with one attached hydrogen (secondary N) is 1. The van der Waals surface area contributed by atoms with Crippen LogP contribution in [0, 0.1) is 0 Å². The third-order valence-electron chi connectivity index (χ3n) is 1.78. The molecule has 0 fully saturated rings. The van der Waals surface area contributed by atoms with Crippen LogP contribution in [0.25, 0.3) is 0 Å². The molecular formula is C8H13ClN2O. The fraction of sp³-hybridized carbons (Fsp3) is 0.625. The molecule has 0 radical (unpaired) electrons. The van der Waals surface area contributed by atoms with E-state index in [9.17, 15) is 4.79 Å². The molecule has 0 atom stereocenters. The van der Waals surface area contributed by atoms with E-state index in [0.29, 0.717) is 0 Å². The predicted molar refractivity (Wildman–Crippen MR) is 49.6 cm³/mol. The summed E-state index contributed by atoms with van der Waals surface area (Å²) >= 11 is 5.58. The minimum atomic E-state index is -0.118. The fourth-order valence-corrected chi connectivity index (χ4v) is 1.22. The highest BCUT2D eigenvalue weighted by molar-refractivity contribution is 6.30. The Kier molecular flexibility index (Phi) is 3.41. The smallest absolute Gasteiger partial charge is 0.285 e. The Balaban J connectivity index is 2.52. The van der Waals surface area contributed by atoms with Crippen molar-refractivity contribution < 1.29 is 0 Å². The molecule has 68 valence electrons. The first-order valence-electron chi connectivity index (χ1n) is 4.19. The number of rotatable bonds is 4. The molecule has 1 rings (SSSR count). The monoisotopic (exact) mass is 188 g/mol. The molecule has 3 nitrogen and oxygen atoms in total. The highest BCUT2D eigenvalue weighted by Crippen LogP contribution is 1.99. The van der Waals surface area contributed by atoms with Crippen LogP contribution in [-0.2, 0) is 6.54 Å². The Morgan fingerprint density at radius 2 is 2.33 bits per heavy atom. The SMILES string of the molecule is CCCCCn1[nH]cc(Cl)c1=O. The van der Waals surface area contributed by atoms with E-state index in [1.54, 1.807) is 0 Å². The van der Waals surface area contributed by atoms with Gasteiger partial charge in [-0.05, 0) is 6.42 Å². The lowest BCUT2D eigenvalue weighted by Gasteiger charge is -1.98. The van der Waals surface area contributed by atoms with Gasteiger partial charge >= 0.3 is 0 Å². The van der Waals surface area contributed by atoms with Gasteiger partial charge in [-0.3, -0.25) is 9.48 Å². The van der Waals surface area contributed by atoms with Gasteiger partial charge in [-0.1, -0.05) is 31.4 Å². The molecule has 0 saturated carbocycles. The number of hydrogen-bond acceptors (Lipinski definition) is 1. The molecule has 1 heterocycles. The van der Waals surface area contributed by atoms with Crippen molar-refractivity contribution >= 4 is 11.6 Å². The normalized spacial score (nSPS) is 10.5. The molecule has 0 aliphatic carbocycles. The van der Waals surface area contributed by atoms with Crippen LogP contribution < -0.4 is 5.56 Å². The van der Waals surface area contributed by atoms with Crippen LogP contribution in [0.4, 0.5) is 0 Å². The van der Waals surface area contributed by atoms with Crippen molar-refractivity contribution in [2.45, 2.75) is 32.7 Å². The van der Waals surface area contributed by atoms with E-state index in [1.807, 2.05) is 0 Å². The van der Waals surface area contributed by atoms with Gasteiger partial charge in [0, 0.05) is 12.7 Å². The lowest BCUT2D eigenvalue weighted by molar-refractivity contribution is 0.541. The summed E-state index contributed by atoms with van der Waals surface area (Å²) in [5.41, 5.74) is -0.118.